The van der Waals surface area contributed by atoms with Crippen LogP contribution in [0, 0.1) is 6.92 Å². The topological polar surface area (TPSA) is 20.3 Å². The zero-order valence-electron chi connectivity index (χ0n) is 9.75. The van der Waals surface area contributed by atoms with Crippen molar-refractivity contribution >= 4 is 29.1 Å². The fourth-order valence-corrected chi connectivity index (χ4v) is 2.28. The molecule has 0 spiro atoms. The Balaban J connectivity index is 2.25. The molecular formula is C13H15Cl2NO. The molecule has 4 heteroatoms. The van der Waals surface area contributed by atoms with Gasteiger partial charge >= 0.3 is 0 Å². The third-order valence-corrected chi connectivity index (χ3v) is 3.65. The van der Waals surface area contributed by atoms with Crippen LogP contribution < -0.4 is 0 Å². The van der Waals surface area contributed by atoms with E-state index in [2.05, 4.69) is 0 Å². The van der Waals surface area contributed by atoms with Gasteiger partial charge in [-0.2, -0.15) is 0 Å². The molecule has 0 unspecified atom stereocenters. The molecular weight excluding hydrogens is 257 g/mol. The fourth-order valence-electron chi connectivity index (χ4n) is 1.92. The monoisotopic (exact) mass is 271 g/mol. The van der Waals surface area contributed by atoms with Gasteiger partial charge in [0.15, 0.2) is 0 Å². The number of benzene rings is 1. The molecule has 0 aromatic heterocycles. The molecule has 92 valence electrons. The molecule has 0 aliphatic heterocycles. The Bertz CT molecular complexity index is 429. The molecule has 1 aromatic carbocycles. The van der Waals surface area contributed by atoms with Crippen LogP contribution in [-0.2, 0) is 0 Å². The van der Waals surface area contributed by atoms with Crippen molar-refractivity contribution in [1.29, 1.82) is 0 Å². The first-order valence-corrected chi connectivity index (χ1v) is 6.68. The van der Waals surface area contributed by atoms with Crippen LogP contribution in [-0.4, -0.2) is 29.3 Å². The minimum absolute atomic E-state index is 0.0492. The van der Waals surface area contributed by atoms with Gasteiger partial charge in [0.05, 0.1) is 0 Å². The Morgan fingerprint density at radius 1 is 1.47 bits per heavy atom. The average molecular weight is 272 g/mol. The largest absolute Gasteiger partial charge is 0.334 e. The van der Waals surface area contributed by atoms with E-state index in [0.717, 1.165) is 18.4 Å². The molecule has 0 N–H and O–H groups in total. The molecule has 1 aliphatic carbocycles. The zero-order valence-corrected chi connectivity index (χ0v) is 11.3. The summed E-state index contributed by atoms with van der Waals surface area (Å²) in [7, 11) is 0. The maximum absolute atomic E-state index is 12.4. The van der Waals surface area contributed by atoms with Crippen LogP contribution >= 0.6 is 23.2 Å². The standard InChI is InChI=1S/C13H15Cl2NO/c1-9-11(3-2-4-12(9)15)13(17)16(8-7-14)10-5-6-10/h2-4,10H,5-8H2,1H3. The second-order valence-corrected chi connectivity index (χ2v) is 5.12. The minimum atomic E-state index is 0.0492. The van der Waals surface area contributed by atoms with Crippen molar-refractivity contribution in [3.8, 4) is 0 Å². The molecule has 0 heterocycles. The Morgan fingerprint density at radius 3 is 2.76 bits per heavy atom. The average Bonchev–Trinajstić information content (AvgIpc) is 3.13. The number of halogens is 2. The number of alkyl halides is 1. The number of carbonyl (C=O) groups is 1. The molecule has 17 heavy (non-hydrogen) atoms. The van der Waals surface area contributed by atoms with Crippen LogP contribution in [0.4, 0.5) is 0 Å². The zero-order chi connectivity index (χ0) is 12.4. The maximum atomic E-state index is 12.4. The molecule has 0 radical (unpaired) electrons. The van der Waals surface area contributed by atoms with E-state index >= 15 is 0 Å². The van der Waals surface area contributed by atoms with E-state index in [1.807, 2.05) is 24.0 Å². The van der Waals surface area contributed by atoms with Crippen molar-refractivity contribution in [2.75, 3.05) is 12.4 Å². The predicted molar refractivity (Wildman–Crippen MR) is 71.0 cm³/mol. The first-order valence-electron chi connectivity index (χ1n) is 5.77. The number of hydrogen-bond acceptors (Lipinski definition) is 1. The molecule has 1 amide bonds. The molecule has 0 saturated heterocycles. The van der Waals surface area contributed by atoms with Crippen LogP contribution in [0.25, 0.3) is 0 Å². The lowest BCUT2D eigenvalue weighted by Crippen LogP contribution is -2.35. The maximum Gasteiger partial charge on any atom is 0.254 e. The summed E-state index contributed by atoms with van der Waals surface area (Å²) in [6.07, 6.45) is 2.17. The van der Waals surface area contributed by atoms with Crippen molar-refractivity contribution in [2.24, 2.45) is 0 Å². The summed E-state index contributed by atoms with van der Waals surface area (Å²) in [6.45, 7) is 2.48. The Labute approximate surface area is 112 Å². The van der Waals surface area contributed by atoms with Gasteiger partial charge in [-0.15, -0.1) is 11.6 Å². The fraction of sp³-hybridized carbons (Fsp3) is 0.462. The number of amides is 1. The molecule has 2 nitrogen and oxygen atoms in total. The van der Waals surface area contributed by atoms with Crippen molar-refractivity contribution in [2.45, 2.75) is 25.8 Å². The van der Waals surface area contributed by atoms with E-state index in [9.17, 15) is 4.79 Å². The van der Waals surface area contributed by atoms with Gasteiger partial charge in [0, 0.05) is 29.1 Å². The lowest BCUT2D eigenvalue weighted by atomic mass is 10.1. The van der Waals surface area contributed by atoms with Gasteiger partial charge in [0.25, 0.3) is 5.91 Å². The number of carbonyl (C=O) groups excluding carboxylic acids is 1. The molecule has 1 saturated carbocycles. The Kier molecular flexibility index (Phi) is 3.95. The summed E-state index contributed by atoms with van der Waals surface area (Å²) in [5.41, 5.74) is 1.54. The first-order chi connectivity index (χ1) is 8.15. The lowest BCUT2D eigenvalue weighted by molar-refractivity contribution is 0.0753. The Hall–Kier alpha value is -0.730. The van der Waals surface area contributed by atoms with Crippen molar-refractivity contribution in [1.82, 2.24) is 4.90 Å². The SMILES string of the molecule is Cc1c(Cl)cccc1C(=O)N(CCCl)C1CC1. The van der Waals surface area contributed by atoms with Crippen LogP contribution in [0.3, 0.4) is 0 Å². The summed E-state index contributed by atoms with van der Waals surface area (Å²) in [5, 5.41) is 0.637. The third kappa shape index (κ3) is 2.75. The van der Waals surface area contributed by atoms with E-state index in [4.69, 9.17) is 23.2 Å². The smallest absolute Gasteiger partial charge is 0.254 e. The van der Waals surface area contributed by atoms with Crippen molar-refractivity contribution in [3.63, 3.8) is 0 Å². The summed E-state index contributed by atoms with van der Waals surface area (Å²) < 4.78 is 0. The van der Waals surface area contributed by atoms with Crippen LogP contribution in [0.1, 0.15) is 28.8 Å². The quantitative estimate of drug-likeness (QED) is 0.768. The summed E-state index contributed by atoms with van der Waals surface area (Å²) in [6, 6.07) is 5.82. The number of hydrogen-bond donors (Lipinski definition) is 0. The Morgan fingerprint density at radius 2 is 2.18 bits per heavy atom. The van der Waals surface area contributed by atoms with Crippen molar-refractivity contribution in [3.05, 3.63) is 34.3 Å². The first kappa shape index (κ1) is 12.7. The molecule has 1 aromatic rings. The molecule has 1 fully saturated rings. The lowest BCUT2D eigenvalue weighted by Gasteiger charge is -2.22. The second-order valence-electron chi connectivity index (χ2n) is 4.33. The van der Waals surface area contributed by atoms with E-state index < -0.39 is 0 Å². The highest BCUT2D eigenvalue weighted by Crippen LogP contribution is 2.29. The van der Waals surface area contributed by atoms with Gasteiger partial charge in [-0.3, -0.25) is 4.79 Å². The summed E-state index contributed by atoms with van der Waals surface area (Å²) >= 11 is 11.8. The van der Waals surface area contributed by atoms with E-state index in [1.54, 1.807) is 6.07 Å². The van der Waals surface area contributed by atoms with E-state index in [0.29, 0.717) is 29.1 Å². The van der Waals surface area contributed by atoms with E-state index in [-0.39, 0.29) is 5.91 Å². The van der Waals surface area contributed by atoms with Gasteiger partial charge in [-0.25, -0.2) is 0 Å². The van der Waals surface area contributed by atoms with E-state index in [1.165, 1.54) is 0 Å². The van der Waals surface area contributed by atoms with Crippen LogP contribution in [0.2, 0.25) is 5.02 Å². The van der Waals surface area contributed by atoms with Gasteiger partial charge in [0.1, 0.15) is 0 Å². The summed E-state index contributed by atoms with van der Waals surface area (Å²) in [5.74, 6) is 0.523. The minimum Gasteiger partial charge on any atom is -0.334 e. The number of nitrogens with zero attached hydrogens (tertiary/aromatic N) is 1. The number of rotatable bonds is 4. The molecule has 0 bridgehead atoms. The highest BCUT2D eigenvalue weighted by Gasteiger charge is 2.33. The van der Waals surface area contributed by atoms with Crippen molar-refractivity contribution < 1.29 is 4.79 Å². The predicted octanol–water partition coefficient (Wildman–Crippen LogP) is 3.49. The van der Waals surface area contributed by atoms with Gasteiger partial charge in [-0.05, 0) is 37.5 Å². The summed E-state index contributed by atoms with van der Waals surface area (Å²) in [4.78, 5) is 14.3. The van der Waals surface area contributed by atoms with Gasteiger partial charge < -0.3 is 4.90 Å². The molecule has 1 aliphatic rings. The molecule has 0 atom stereocenters. The third-order valence-electron chi connectivity index (χ3n) is 3.07. The van der Waals surface area contributed by atoms with Crippen LogP contribution in [0.5, 0.6) is 0 Å². The van der Waals surface area contributed by atoms with Gasteiger partial charge in [0.2, 0.25) is 0 Å². The highest BCUT2D eigenvalue weighted by molar-refractivity contribution is 6.31. The normalized spacial score (nSPS) is 14.8. The van der Waals surface area contributed by atoms with Crippen LogP contribution in [0.15, 0.2) is 18.2 Å². The molecule has 2 rings (SSSR count). The highest BCUT2D eigenvalue weighted by atomic mass is 35.5. The van der Waals surface area contributed by atoms with Gasteiger partial charge in [-0.1, -0.05) is 17.7 Å². The second kappa shape index (κ2) is 5.28.